The van der Waals surface area contributed by atoms with Gasteiger partial charge in [-0.15, -0.1) is 0 Å². The van der Waals surface area contributed by atoms with Crippen LogP contribution in [-0.2, 0) is 9.59 Å². The molecule has 1 aromatic carbocycles. The second-order valence-corrected chi connectivity index (χ2v) is 6.20. The highest BCUT2D eigenvalue weighted by Crippen LogP contribution is 2.38. The molecule has 0 bridgehead atoms. The molecule has 0 heterocycles. The van der Waals surface area contributed by atoms with Gasteiger partial charge in [0.1, 0.15) is 5.75 Å². The minimum Gasteiger partial charge on any atom is -0.494 e. The maximum absolute atomic E-state index is 11.7. The van der Waals surface area contributed by atoms with E-state index >= 15 is 0 Å². The van der Waals surface area contributed by atoms with Gasteiger partial charge in [0.05, 0.1) is 6.61 Å². The molecule has 1 rings (SSSR count). The quantitative estimate of drug-likeness (QED) is 0.668. The number of hydrogen-bond donors (Lipinski definition) is 2. The normalized spacial score (nSPS) is 13.2. The van der Waals surface area contributed by atoms with Gasteiger partial charge in [0.25, 0.3) is 0 Å². The maximum Gasteiger partial charge on any atom is 0.321 e. The maximum atomic E-state index is 11.7. The van der Waals surface area contributed by atoms with Crippen LogP contribution in [0, 0.1) is 17.3 Å². The lowest BCUT2D eigenvalue weighted by molar-refractivity contribution is -0.171. The lowest BCUT2D eigenvalue weighted by atomic mass is 9.68. The molecule has 0 fully saturated rings. The number of aliphatic carboxylic acids is 2. The lowest BCUT2D eigenvalue weighted by Crippen LogP contribution is -2.48. The molecule has 24 heavy (non-hydrogen) atoms. The summed E-state index contributed by atoms with van der Waals surface area (Å²) in [5.74, 6) is -3.06. The van der Waals surface area contributed by atoms with E-state index in [4.69, 9.17) is 4.74 Å². The Morgan fingerprint density at radius 3 is 2.08 bits per heavy atom. The predicted molar refractivity (Wildman–Crippen MR) is 93.0 cm³/mol. The lowest BCUT2D eigenvalue weighted by Gasteiger charge is -2.33. The Morgan fingerprint density at radius 1 is 1.12 bits per heavy atom. The van der Waals surface area contributed by atoms with Crippen LogP contribution >= 0.6 is 0 Å². The number of rotatable bonds is 9. The van der Waals surface area contributed by atoms with Crippen molar-refractivity contribution in [3.63, 3.8) is 0 Å². The molecule has 1 aromatic rings. The van der Waals surface area contributed by atoms with E-state index in [1.165, 1.54) is 0 Å². The van der Waals surface area contributed by atoms with Crippen LogP contribution in [0.3, 0.4) is 0 Å². The predicted octanol–water partition coefficient (Wildman–Crippen LogP) is 3.94. The molecule has 1 atom stereocenters. The highest BCUT2D eigenvalue weighted by Gasteiger charge is 2.52. The van der Waals surface area contributed by atoms with Crippen LogP contribution in [0.5, 0.6) is 5.75 Å². The van der Waals surface area contributed by atoms with Gasteiger partial charge >= 0.3 is 11.9 Å². The van der Waals surface area contributed by atoms with Crippen molar-refractivity contribution in [3.8, 4) is 5.75 Å². The summed E-state index contributed by atoms with van der Waals surface area (Å²) in [6.45, 7) is 7.54. The van der Waals surface area contributed by atoms with E-state index < -0.39 is 29.2 Å². The Bertz CT molecular complexity index is 572. The first-order valence-electron chi connectivity index (χ1n) is 8.14. The molecule has 0 aromatic heterocycles. The van der Waals surface area contributed by atoms with Crippen molar-refractivity contribution in [2.45, 2.75) is 34.1 Å². The zero-order valence-electron chi connectivity index (χ0n) is 14.7. The molecule has 0 saturated carbocycles. The highest BCUT2D eigenvalue weighted by molar-refractivity contribution is 5.99. The fourth-order valence-corrected chi connectivity index (χ4v) is 2.80. The summed E-state index contributed by atoms with van der Waals surface area (Å²) in [6, 6.07) is 7.38. The van der Waals surface area contributed by atoms with Crippen LogP contribution in [0.1, 0.15) is 39.7 Å². The topological polar surface area (TPSA) is 83.8 Å². The van der Waals surface area contributed by atoms with E-state index in [1.807, 2.05) is 31.2 Å². The molecule has 132 valence electrons. The van der Waals surface area contributed by atoms with E-state index in [1.54, 1.807) is 32.9 Å². The SMILES string of the molecule is CCCOc1ccc(C=CC(C)C(C(=O)O)(C(=O)O)C(C)C)cc1. The summed E-state index contributed by atoms with van der Waals surface area (Å²) in [7, 11) is 0. The summed E-state index contributed by atoms with van der Waals surface area (Å²) in [6.07, 6.45) is 4.32. The molecule has 0 radical (unpaired) electrons. The van der Waals surface area contributed by atoms with Crippen LogP contribution in [0.25, 0.3) is 6.08 Å². The van der Waals surface area contributed by atoms with E-state index in [2.05, 4.69) is 0 Å². The summed E-state index contributed by atoms with van der Waals surface area (Å²) >= 11 is 0. The fraction of sp³-hybridized carbons (Fsp3) is 0.474. The van der Waals surface area contributed by atoms with Gasteiger partial charge in [-0.1, -0.05) is 52.0 Å². The third-order valence-corrected chi connectivity index (χ3v) is 4.27. The molecule has 0 saturated heterocycles. The second kappa shape index (κ2) is 8.52. The summed E-state index contributed by atoms with van der Waals surface area (Å²) in [5.41, 5.74) is -0.986. The molecule has 5 heteroatoms. The van der Waals surface area contributed by atoms with Gasteiger partial charge in [0.2, 0.25) is 0 Å². The molecule has 0 spiro atoms. The number of ether oxygens (including phenoxy) is 1. The first-order valence-corrected chi connectivity index (χ1v) is 8.14. The second-order valence-electron chi connectivity index (χ2n) is 6.20. The average molecular weight is 334 g/mol. The van der Waals surface area contributed by atoms with Crippen molar-refractivity contribution in [3.05, 3.63) is 35.9 Å². The first kappa shape index (κ1) is 19.7. The minimum atomic E-state index is -1.85. The van der Waals surface area contributed by atoms with Crippen LogP contribution < -0.4 is 4.74 Å². The van der Waals surface area contributed by atoms with Crippen LogP contribution in [0.15, 0.2) is 30.3 Å². The first-order chi connectivity index (χ1) is 11.3. The smallest absolute Gasteiger partial charge is 0.321 e. The van der Waals surface area contributed by atoms with Crippen molar-refractivity contribution in [1.82, 2.24) is 0 Å². The van der Waals surface area contributed by atoms with Crippen LogP contribution in [0.4, 0.5) is 0 Å². The average Bonchev–Trinajstić information content (AvgIpc) is 2.51. The Balaban J connectivity index is 2.98. The van der Waals surface area contributed by atoms with Gasteiger partial charge in [-0.25, -0.2) is 0 Å². The molecule has 2 N–H and O–H groups in total. The Labute approximate surface area is 143 Å². The van der Waals surface area contributed by atoms with Gasteiger partial charge in [0, 0.05) is 5.92 Å². The van der Waals surface area contributed by atoms with E-state index in [-0.39, 0.29) is 0 Å². The van der Waals surface area contributed by atoms with E-state index in [0.717, 1.165) is 17.7 Å². The molecular weight excluding hydrogens is 308 g/mol. The zero-order chi connectivity index (χ0) is 18.3. The van der Waals surface area contributed by atoms with Gasteiger partial charge in [0.15, 0.2) is 5.41 Å². The number of carboxylic acid groups (broad SMARTS) is 2. The summed E-state index contributed by atoms with van der Waals surface area (Å²) in [4.78, 5) is 23.3. The molecule has 0 aliphatic rings. The Kier molecular flexibility index (Phi) is 7.01. The van der Waals surface area contributed by atoms with Crippen LogP contribution in [0.2, 0.25) is 0 Å². The zero-order valence-corrected chi connectivity index (χ0v) is 14.7. The number of carbonyl (C=O) groups is 2. The highest BCUT2D eigenvalue weighted by atomic mass is 16.5. The monoisotopic (exact) mass is 334 g/mol. The van der Waals surface area contributed by atoms with E-state index in [0.29, 0.717) is 6.61 Å². The van der Waals surface area contributed by atoms with Crippen molar-refractivity contribution in [2.24, 2.45) is 17.3 Å². The molecule has 5 nitrogen and oxygen atoms in total. The minimum absolute atomic E-state index is 0.544. The van der Waals surface area contributed by atoms with Gasteiger partial charge < -0.3 is 14.9 Å². The largest absolute Gasteiger partial charge is 0.494 e. The molecule has 0 aliphatic heterocycles. The number of hydrogen-bond acceptors (Lipinski definition) is 3. The number of benzene rings is 1. The molecule has 1 unspecified atom stereocenters. The van der Waals surface area contributed by atoms with Crippen molar-refractivity contribution >= 4 is 18.0 Å². The number of allylic oxidation sites excluding steroid dienone is 1. The van der Waals surface area contributed by atoms with E-state index in [9.17, 15) is 19.8 Å². The summed E-state index contributed by atoms with van der Waals surface area (Å²) in [5, 5.41) is 19.0. The van der Waals surface area contributed by atoms with Gasteiger partial charge in [-0.2, -0.15) is 0 Å². The van der Waals surface area contributed by atoms with Crippen molar-refractivity contribution in [2.75, 3.05) is 6.61 Å². The molecular formula is C19H26O5. The Hall–Kier alpha value is -2.30. The van der Waals surface area contributed by atoms with Crippen LogP contribution in [-0.4, -0.2) is 28.8 Å². The number of carboxylic acids is 2. The molecule has 0 amide bonds. The third-order valence-electron chi connectivity index (χ3n) is 4.27. The molecule has 0 aliphatic carbocycles. The Morgan fingerprint density at radius 2 is 1.67 bits per heavy atom. The van der Waals surface area contributed by atoms with Crippen molar-refractivity contribution in [1.29, 1.82) is 0 Å². The standard InChI is InChI=1S/C19H26O5/c1-5-12-24-16-10-8-15(9-11-16)7-6-14(4)19(13(2)3,17(20)21)18(22)23/h6-11,13-14H,5,12H2,1-4H3,(H,20,21)(H,22,23). The van der Waals surface area contributed by atoms with Crippen molar-refractivity contribution < 1.29 is 24.5 Å². The van der Waals surface area contributed by atoms with Gasteiger partial charge in [-0.3, -0.25) is 9.59 Å². The third kappa shape index (κ3) is 4.16. The van der Waals surface area contributed by atoms with Gasteiger partial charge in [-0.05, 0) is 30.0 Å². The summed E-state index contributed by atoms with van der Waals surface area (Å²) < 4.78 is 5.50. The fourth-order valence-electron chi connectivity index (χ4n) is 2.80.